The first kappa shape index (κ1) is 15.8. The summed E-state index contributed by atoms with van der Waals surface area (Å²) in [6.45, 7) is 3.06. The molecule has 0 atom stereocenters. The minimum absolute atomic E-state index is 0.0829. The number of benzene rings is 1. The van der Waals surface area contributed by atoms with Crippen molar-refractivity contribution in [2.45, 2.75) is 39.0 Å². The minimum atomic E-state index is -0.0829. The van der Waals surface area contributed by atoms with Gasteiger partial charge in [-0.05, 0) is 46.3 Å². The molecule has 0 heterocycles. The van der Waals surface area contributed by atoms with Crippen molar-refractivity contribution in [2.75, 3.05) is 6.54 Å². The van der Waals surface area contributed by atoms with Gasteiger partial charge in [-0.25, -0.2) is 0 Å². The summed E-state index contributed by atoms with van der Waals surface area (Å²) < 4.78 is 0.757. The molecule has 1 saturated carbocycles. The molecule has 1 aromatic rings. The second kappa shape index (κ2) is 7.46. The smallest absolute Gasteiger partial charge is 0.252 e. The lowest BCUT2D eigenvalue weighted by Crippen LogP contribution is -2.27. The van der Waals surface area contributed by atoms with Crippen LogP contribution in [0, 0.1) is 11.8 Å². The van der Waals surface area contributed by atoms with Gasteiger partial charge < -0.3 is 5.32 Å². The fourth-order valence-corrected chi connectivity index (χ4v) is 3.36. The standard InChI is InChI=1S/C16H21BrClNO/c1-11-5-7-12(8-6-11)9-10-19-16(20)13-3-2-4-14(17)15(13)18/h2-4,11-12H,5-10H2,1H3,(H,19,20). The highest BCUT2D eigenvalue weighted by molar-refractivity contribution is 9.10. The molecule has 0 unspecified atom stereocenters. The molecule has 2 rings (SSSR count). The Morgan fingerprint density at radius 1 is 1.35 bits per heavy atom. The number of rotatable bonds is 4. The molecular formula is C16H21BrClNO. The highest BCUT2D eigenvalue weighted by Gasteiger charge is 2.18. The van der Waals surface area contributed by atoms with E-state index in [4.69, 9.17) is 11.6 Å². The van der Waals surface area contributed by atoms with E-state index in [0.717, 1.165) is 29.3 Å². The first-order chi connectivity index (χ1) is 9.58. The number of carbonyl (C=O) groups excluding carboxylic acids is 1. The molecule has 1 amide bonds. The van der Waals surface area contributed by atoms with Crippen molar-refractivity contribution in [2.24, 2.45) is 11.8 Å². The SMILES string of the molecule is CC1CCC(CCNC(=O)c2cccc(Br)c2Cl)CC1. The van der Waals surface area contributed by atoms with Crippen molar-refractivity contribution in [1.82, 2.24) is 5.32 Å². The van der Waals surface area contributed by atoms with E-state index in [1.807, 2.05) is 12.1 Å². The number of halogens is 2. The van der Waals surface area contributed by atoms with Crippen LogP contribution in [-0.4, -0.2) is 12.5 Å². The Labute approximate surface area is 134 Å². The molecule has 4 heteroatoms. The fourth-order valence-electron chi connectivity index (χ4n) is 2.78. The Bertz CT molecular complexity index is 470. The number of nitrogens with one attached hydrogen (secondary N) is 1. The van der Waals surface area contributed by atoms with E-state index < -0.39 is 0 Å². The third kappa shape index (κ3) is 4.23. The average molecular weight is 359 g/mol. The molecule has 1 aliphatic rings. The topological polar surface area (TPSA) is 29.1 Å². The van der Waals surface area contributed by atoms with E-state index in [9.17, 15) is 4.79 Å². The van der Waals surface area contributed by atoms with Crippen LogP contribution in [0.5, 0.6) is 0 Å². The van der Waals surface area contributed by atoms with E-state index in [-0.39, 0.29) is 5.91 Å². The van der Waals surface area contributed by atoms with Crippen molar-refractivity contribution < 1.29 is 4.79 Å². The molecule has 1 aliphatic carbocycles. The van der Waals surface area contributed by atoms with Crippen LogP contribution in [0.15, 0.2) is 22.7 Å². The zero-order chi connectivity index (χ0) is 14.5. The molecule has 0 bridgehead atoms. The van der Waals surface area contributed by atoms with E-state index >= 15 is 0 Å². The lowest BCUT2D eigenvalue weighted by atomic mass is 9.81. The van der Waals surface area contributed by atoms with Gasteiger partial charge in [0.15, 0.2) is 0 Å². The van der Waals surface area contributed by atoms with Gasteiger partial charge >= 0.3 is 0 Å². The van der Waals surface area contributed by atoms with Gasteiger partial charge in [0, 0.05) is 11.0 Å². The first-order valence-corrected chi connectivity index (χ1v) is 8.47. The van der Waals surface area contributed by atoms with Gasteiger partial charge in [0.1, 0.15) is 0 Å². The summed E-state index contributed by atoms with van der Waals surface area (Å²) in [6, 6.07) is 5.42. The largest absolute Gasteiger partial charge is 0.352 e. The van der Waals surface area contributed by atoms with Crippen molar-refractivity contribution in [3.63, 3.8) is 0 Å². The molecule has 110 valence electrons. The van der Waals surface area contributed by atoms with Gasteiger partial charge in [-0.15, -0.1) is 0 Å². The van der Waals surface area contributed by atoms with E-state index in [1.165, 1.54) is 25.7 Å². The van der Waals surface area contributed by atoms with Crippen LogP contribution in [0.2, 0.25) is 5.02 Å². The summed E-state index contributed by atoms with van der Waals surface area (Å²) in [5.41, 5.74) is 0.540. The van der Waals surface area contributed by atoms with Crippen molar-refractivity contribution in [3.05, 3.63) is 33.3 Å². The quantitative estimate of drug-likeness (QED) is 0.802. The highest BCUT2D eigenvalue weighted by atomic mass is 79.9. The Hall–Kier alpha value is -0.540. The maximum atomic E-state index is 12.1. The number of hydrogen-bond acceptors (Lipinski definition) is 1. The maximum Gasteiger partial charge on any atom is 0.252 e. The normalized spacial score (nSPS) is 22.6. The lowest BCUT2D eigenvalue weighted by Gasteiger charge is -2.26. The van der Waals surface area contributed by atoms with Crippen molar-refractivity contribution >= 4 is 33.4 Å². The summed E-state index contributed by atoms with van der Waals surface area (Å²) in [5.74, 6) is 1.56. The molecule has 20 heavy (non-hydrogen) atoms. The molecule has 0 saturated heterocycles. The zero-order valence-corrected chi connectivity index (χ0v) is 14.1. The van der Waals surface area contributed by atoms with E-state index in [0.29, 0.717) is 10.6 Å². The summed E-state index contributed by atoms with van der Waals surface area (Å²) in [6.07, 6.45) is 6.33. The fraction of sp³-hybridized carbons (Fsp3) is 0.562. The average Bonchev–Trinajstić information content (AvgIpc) is 2.44. The molecule has 2 nitrogen and oxygen atoms in total. The lowest BCUT2D eigenvalue weighted by molar-refractivity contribution is 0.0950. The van der Waals surface area contributed by atoms with Crippen LogP contribution in [0.25, 0.3) is 0 Å². The van der Waals surface area contributed by atoms with Gasteiger partial charge in [0.05, 0.1) is 10.6 Å². The van der Waals surface area contributed by atoms with Gasteiger partial charge in [0.25, 0.3) is 5.91 Å². The Kier molecular flexibility index (Phi) is 5.91. The van der Waals surface area contributed by atoms with Crippen LogP contribution in [0.4, 0.5) is 0 Å². The van der Waals surface area contributed by atoms with Crippen LogP contribution in [0.1, 0.15) is 49.4 Å². The van der Waals surface area contributed by atoms with Crippen molar-refractivity contribution in [3.8, 4) is 0 Å². The van der Waals surface area contributed by atoms with Gasteiger partial charge in [-0.1, -0.05) is 50.3 Å². The third-order valence-corrected chi connectivity index (χ3v) is 5.47. The Balaban J connectivity index is 1.79. The first-order valence-electron chi connectivity index (χ1n) is 7.30. The molecule has 0 radical (unpaired) electrons. The summed E-state index contributed by atoms with van der Waals surface area (Å²) in [5, 5.41) is 3.46. The van der Waals surface area contributed by atoms with Gasteiger partial charge in [-0.2, -0.15) is 0 Å². The molecule has 0 spiro atoms. The van der Waals surface area contributed by atoms with Crippen LogP contribution in [0.3, 0.4) is 0 Å². The maximum absolute atomic E-state index is 12.1. The highest BCUT2D eigenvalue weighted by Crippen LogP contribution is 2.30. The minimum Gasteiger partial charge on any atom is -0.352 e. The van der Waals surface area contributed by atoms with Crippen molar-refractivity contribution in [1.29, 1.82) is 0 Å². The number of carbonyl (C=O) groups is 1. The predicted octanol–water partition coefficient (Wildman–Crippen LogP) is 5.05. The molecule has 1 N–H and O–H groups in total. The van der Waals surface area contributed by atoms with Crippen LogP contribution >= 0.6 is 27.5 Å². The second-order valence-corrected chi connectivity index (χ2v) is 7.00. The molecule has 0 aliphatic heterocycles. The molecular weight excluding hydrogens is 338 g/mol. The molecule has 0 aromatic heterocycles. The van der Waals surface area contributed by atoms with E-state index in [1.54, 1.807) is 6.07 Å². The van der Waals surface area contributed by atoms with Crippen LogP contribution < -0.4 is 5.32 Å². The summed E-state index contributed by atoms with van der Waals surface area (Å²) in [7, 11) is 0. The van der Waals surface area contributed by atoms with Gasteiger partial charge in [-0.3, -0.25) is 4.79 Å². The summed E-state index contributed by atoms with van der Waals surface area (Å²) >= 11 is 9.46. The number of amides is 1. The predicted molar refractivity (Wildman–Crippen MR) is 87.2 cm³/mol. The monoisotopic (exact) mass is 357 g/mol. The van der Waals surface area contributed by atoms with Gasteiger partial charge in [0.2, 0.25) is 0 Å². The Morgan fingerprint density at radius 2 is 2.05 bits per heavy atom. The van der Waals surface area contributed by atoms with Crippen LogP contribution in [-0.2, 0) is 0 Å². The molecule has 1 aromatic carbocycles. The molecule has 1 fully saturated rings. The third-order valence-electron chi connectivity index (χ3n) is 4.17. The Morgan fingerprint density at radius 3 is 2.75 bits per heavy atom. The summed E-state index contributed by atoms with van der Waals surface area (Å²) in [4.78, 5) is 12.1. The van der Waals surface area contributed by atoms with E-state index in [2.05, 4.69) is 28.2 Å². The zero-order valence-electron chi connectivity index (χ0n) is 11.8. The number of hydrogen-bond donors (Lipinski definition) is 1. The second-order valence-electron chi connectivity index (χ2n) is 5.77.